The van der Waals surface area contributed by atoms with Gasteiger partial charge in [-0.2, -0.15) is 0 Å². The monoisotopic (exact) mass is 1830 g/mol. The molecule has 0 unspecified atom stereocenters. The second kappa shape index (κ2) is 51.4. The summed E-state index contributed by atoms with van der Waals surface area (Å²) >= 11 is 0. The van der Waals surface area contributed by atoms with Gasteiger partial charge in [-0.1, -0.05) is 201 Å². The third-order valence-electron chi connectivity index (χ3n) is 22.4. The van der Waals surface area contributed by atoms with Crippen molar-refractivity contribution in [3.05, 3.63) is 180 Å². The number of hydrogen-bond acceptors (Lipinski definition) is 20. The van der Waals surface area contributed by atoms with Crippen LogP contribution in [0.5, 0.6) is 0 Å². The van der Waals surface area contributed by atoms with Crippen molar-refractivity contribution in [3.63, 3.8) is 0 Å². The molecule has 16 atom stereocenters. The third-order valence-corrected chi connectivity index (χ3v) is 22.4. The van der Waals surface area contributed by atoms with Crippen molar-refractivity contribution in [2.75, 3.05) is 13.1 Å². The number of aromatic amines is 1. The van der Waals surface area contributed by atoms with Crippen LogP contribution < -0.4 is 74.9 Å². The number of likely N-dealkylation sites (tertiary alicyclic amines) is 1. The molecule has 6 aromatic rings. The van der Waals surface area contributed by atoms with E-state index in [2.05, 4.69) is 74.1 Å². The molecule has 5 aromatic carbocycles. The Bertz CT molecular complexity index is 5000. The number of aliphatic hydroxyl groups excluding tert-OH is 1. The standard InChI is InChI=1S/C93H122N16O23/c1-10-53(8)78(107-86(124)68(46-74(114)115)100-81(119)62(37-38-73(112)113)98-83(121)65(42-56-28-17-12-18-29-56)99-84(122)66(43-57-30-19-13-20-31-57)104-91(129)79(54(9)110)108-87(125)69(47-75(116)117)102-89(127)76(94)51(4)5)92(130)109-39-25-36-71(109)88(126)101-67(45-59-48-95-61-35-24-23-34-60(59)61)80(118)96-49-72(111)97-64(41-55-26-15-11-16-27-55)85(123)106-77(52(6)7)90(128)103-63(40-50(2)3)82(120)105-70(93(131)132)44-58-32-21-14-22-33-58/h11-24,26-35,48,50-54,62-71,76-79,95,110H,10,25,36-47,49,94H2,1-9H3,(H,96,118)(H,97,111)(H,98,121)(H,99,122)(H,100,119)(H,101,126)(H,102,127)(H,103,128)(H,104,129)(H,105,120)(H,106,123)(H,107,124)(H,108,125)(H,112,113)(H,114,115)(H,116,117)(H,131,132)/t53-,54+,62-,63-,64-,65-,66-,67-,68-,69-,70-,71-,76-,77-,78-,79-/m0/s1. The number of nitrogens with two attached hydrogens (primary N) is 1. The minimum atomic E-state index is -2.09. The van der Waals surface area contributed by atoms with E-state index in [1.54, 1.807) is 207 Å². The van der Waals surface area contributed by atoms with E-state index in [-0.39, 0.29) is 70.3 Å². The van der Waals surface area contributed by atoms with Gasteiger partial charge in [0.1, 0.15) is 78.5 Å². The molecule has 7 rings (SSSR count). The fourth-order valence-electron chi connectivity index (χ4n) is 14.8. The van der Waals surface area contributed by atoms with Crippen molar-refractivity contribution in [1.29, 1.82) is 0 Å². The topological polar surface area (TPSA) is 610 Å². The zero-order valence-electron chi connectivity index (χ0n) is 75.1. The molecule has 39 nitrogen and oxygen atoms in total. The SMILES string of the molecule is CC[C@H](C)[C@H](NC(=O)[C@H](CC(=O)O)NC(=O)[C@H](CCC(=O)O)NC(=O)[C@H](Cc1ccccc1)NC(=O)[C@H](Cc1ccccc1)NC(=O)[C@@H](NC(=O)[C@H](CC(=O)O)NC(=O)[C@@H](N)C(C)C)[C@@H](C)O)C(=O)N1CCC[C@H]1C(=O)N[C@@H](Cc1c[nH]c2ccccc12)C(=O)NCC(=O)N[C@@H](Cc1ccccc1)C(=O)N[C@H](C(=O)N[C@@H](CC(C)C)C(=O)N[C@@H](Cc1ccccc1)C(=O)O)C(C)C. The molecular formula is C93H122N16O23. The third kappa shape index (κ3) is 32.9. The lowest BCUT2D eigenvalue weighted by molar-refractivity contribution is -0.144. The van der Waals surface area contributed by atoms with Gasteiger partial charge in [0.2, 0.25) is 82.7 Å². The second-order valence-electron chi connectivity index (χ2n) is 34.0. The molecule has 14 amide bonds. The summed E-state index contributed by atoms with van der Waals surface area (Å²) in [6, 6.07) is 18.1. The maximum atomic E-state index is 15.2. The van der Waals surface area contributed by atoms with E-state index in [4.69, 9.17) is 5.73 Å². The number of nitrogens with one attached hydrogen (secondary N) is 14. The Balaban J connectivity index is 1.08. The van der Waals surface area contributed by atoms with Crippen molar-refractivity contribution in [1.82, 2.24) is 79.0 Å². The molecule has 21 N–H and O–H groups in total. The molecule has 0 radical (unpaired) electrons. The van der Waals surface area contributed by atoms with Crippen LogP contribution >= 0.6 is 0 Å². The first-order valence-corrected chi connectivity index (χ1v) is 43.9. The predicted molar refractivity (Wildman–Crippen MR) is 481 cm³/mol. The molecule has 1 fully saturated rings. The van der Waals surface area contributed by atoms with Gasteiger partial charge in [0.15, 0.2) is 0 Å². The zero-order chi connectivity index (χ0) is 97.2. The van der Waals surface area contributed by atoms with Gasteiger partial charge in [0.05, 0.1) is 31.5 Å². The van der Waals surface area contributed by atoms with Gasteiger partial charge >= 0.3 is 23.9 Å². The Kier molecular flexibility index (Phi) is 40.9. The van der Waals surface area contributed by atoms with Gasteiger partial charge in [-0.3, -0.25) is 81.5 Å². The molecule has 132 heavy (non-hydrogen) atoms. The van der Waals surface area contributed by atoms with Gasteiger partial charge in [-0.25, -0.2) is 4.79 Å². The number of carboxylic acid groups (broad SMARTS) is 4. The first kappa shape index (κ1) is 105. The molecule has 712 valence electrons. The highest BCUT2D eigenvalue weighted by Crippen LogP contribution is 2.25. The molecule has 1 saturated heterocycles. The number of aromatic nitrogens is 1. The van der Waals surface area contributed by atoms with Crippen LogP contribution in [-0.4, -0.2) is 246 Å². The van der Waals surface area contributed by atoms with E-state index >= 15 is 4.79 Å². The van der Waals surface area contributed by atoms with Gasteiger partial charge in [0.25, 0.3) is 0 Å². The predicted octanol–water partition coefficient (Wildman–Crippen LogP) is 0.617. The second-order valence-corrected chi connectivity index (χ2v) is 34.0. The van der Waals surface area contributed by atoms with Crippen molar-refractivity contribution in [2.24, 2.45) is 29.4 Å². The van der Waals surface area contributed by atoms with Crippen LogP contribution in [0.3, 0.4) is 0 Å². The number of para-hydroxylation sites is 1. The molecule has 0 bridgehead atoms. The highest BCUT2D eigenvalue weighted by Gasteiger charge is 2.44. The Labute approximate surface area is 763 Å². The Morgan fingerprint density at radius 1 is 0.417 bits per heavy atom. The maximum absolute atomic E-state index is 15.2. The van der Waals surface area contributed by atoms with Crippen molar-refractivity contribution in [2.45, 2.75) is 236 Å². The Morgan fingerprint density at radius 2 is 0.818 bits per heavy atom. The Hall–Kier alpha value is -14.0. The summed E-state index contributed by atoms with van der Waals surface area (Å²) < 4.78 is 0. The smallest absolute Gasteiger partial charge is 0.326 e. The summed E-state index contributed by atoms with van der Waals surface area (Å²) in [5.74, 6) is -22.1. The van der Waals surface area contributed by atoms with Gasteiger partial charge < -0.3 is 110 Å². The van der Waals surface area contributed by atoms with Crippen LogP contribution in [0.15, 0.2) is 152 Å². The number of carboxylic acids is 4. The molecule has 0 spiro atoms. The molecule has 39 heteroatoms. The van der Waals surface area contributed by atoms with Crippen LogP contribution in [0, 0.1) is 23.7 Å². The van der Waals surface area contributed by atoms with Crippen LogP contribution in [-0.2, 0) is 118 Å². The lowest BCUT2D eigenvalue weighted by atomic mass is 9.96. The van der Waals surface area contributed by atoms with Crippen molar-refractivity contribution in [3.8, 4) is 0 Å². The number of fused-ring (bicyclic) bond motifs is 1. The lowest BCUT2D eigenvalue weighted by Crippen LogP contribution is -2.62. The van der Waals surface area contributed by atoms with Crippen molar-refractivity contribution >= 4 is 117 Å². The average Bonchev–Trinajstić information content (AvgIpc) is 1.61. The summed E-state index contributed by atoms with van der Waals surface area (Å²) in [6.45, 7) is 13.5. The number of benzene rings is 5. The Morgan fingerprint density at radius 3 is 1.30 bits per heavy atom. The molecule has 0 saturated carbocycles. The minimum Gasteiger partial charge on any atom is -0.481 e. The van der Waals surface area contributed by atoms with Gasteiger partial charge in [-0.05, 0) is 90.2 Å². The van der Waals surface area contributed by atoms with E-state index in [1.165, 1.54) is 4.90 Å². The minimum absolute atomic E-state index is 0.00876. The number of H-pyrrole nitrogens is 1. The molecule has 0 aliphatic carbocycles. The average molecular weight is 1830 g/mol. The zero-order valence-corrected chi connectivity index (χ0v) is 75.1. The van der Waals surface area contributed by atoms with Crippen LogP contribution in [0.2, 0.25) is 0 Å². The summed E-state index contributed by atoms with van der Waals surface area (Å²) in [5, 5.41) is 84.5. The highest BCUT2D eigenvalue weighted by molar-refractivity contribution is 6.02. The van der Waals surface area contributed by atoms with E-state index in [0.29, 0.717) is 38.7 Å². The quantitative estimate of drug-likeness (QED) is 0.0249. The van der Waals surface area contributed by atoms with Crippen LogP contribution in [0.1, 0.15) is 141 Å². The fourth-order valence-corrected chi connectivity index (χ4v) is 14.8. The summed E-state index contributed by atoms with van der Waals surface area (Å²) in [4.78, 5) is 256. The van der Waals surface area contributed by atoms with Crippen LogP contribution in [0.25, 0.3) is 10.9 Å². The fraction of sp³-hybridized carbons (Fsp3) is 0.462. The number of nitrogens with zero attached hydrogens (tertiary/aromatic N) is 1. The molecular weight excluding hydrogens is 1710 g/mol. The first-order chi connectivity index (χ1) is 62.6. The van der Waals surface area contributed by atoms with E-state index < -0.39 is 247 Å². The van der Waals surface area contributed by atoms with Crippen molar-refractivity contribution < 1.29 is 112 Å². The maximum Gasteiger partial charge on any atom is 0.326 e. The number of carbonyl (C=O) groups is 18. The summed E-state index contributed by atoms with van der Waals surface area (Å²) in [6.07, 6.45) is -4.48. The molecule has 1 aliphatic heterocycles. The molecule has 2 heterocycles. The number of hydrogen-bond donors (Lipinski definition) is 20. The number of rotatable bonds is 52. The van der Waals surface area contributed by atoms with E-state index in [9.17, 15) is 107 Å². The highest BCUT2D eigenvalue weighted by atomic mass is 16.4. The number of aliphatic hydroxyl groups is 1. The summed E-state index contributed by atoms with van der Waals surface area (Å²) in [5.41, 5.74) is 9.19. The number of amides is 14. The van der Waals surface area contributed by atoms with Crippen LogP contribution in [0.4, 0.5) is 0 Å². The number of carbonyl (C=O) groups excluding carboxylic acids is 14. The molecule has 1 aliphatic rings. The number of aliphatic carboxylic acids is 4. The van der Waals surface area contributed by atoms with Gasteiger partial charge in [-0.15, -0.1) is 0 Å². The molecule has 1 aromatic heterocycles. The lowest BCUT2D eigenvalue weighted by Gasteiger charge is -2.33. The van der Waals surface area contributed by atoms with E-state index in [0.717, 1.165) is 6.92 Å². The van der Waals surface area contributed by atoms with E-state index in [1.807, 2.05) is 0 Å². The first-order valence-electron chi connectivity index (χ1n) is 43.9. The van der Waals surface area contributed by atoms with Gasteiger partial charge in [0, 0.05) is 62.2 Å². The normalized spacial score (nSPS) is 15.8. The summed E-state index contributed by atoms with van der Waals surface area (Å²) in [7, 11) is 0. The largest absolute Gasteiger partial charge is 0.481 e.